The summed E-state index contributed by atoms with van der Waals surface area (Å²) in [7, 11) is -3.72. The van der Waals surface area contributed by atoms with Crippen LogP contribution in [0.3, 0.4) is 0 Å². The van der Waals surface area contributed by atoms with Crippen molar-refractivity contribution in [1.29, 1.82) is 0 Å². The Hall–Kier alpha value is -2.60. The van der Waals surface area contributed by atoms with Crippen LogP contribution in [0.2, 0.25) is 0 Å². The minimum atomic E-state index is -3.72. The first-order chi connectivity index (χ1) is 10.1. The molecule has 2 N–H and O–H groups in total. The summed E-state index contributed by atoms with van der Waals surface area (Å²) in [5.74, 6) is 0.0762. The van der Waals surface area contributed by atoms with Gasteiger partial charge in [0.1, 0.15) is 5.75 Å². The Morgan fingerprint density at radius 1 is 0.952 bits per heavy atom. The lowest BCUT2D eigenvalue weighted by molar-refractivity contribution is 0.475. The van der Waals surface area contributed by atoms with E-state index in [1.807, 2.05) is 0 Å². The molecule has 0 aliphatic rings. The van der Waals surface area contributed by atoms with E-state index in [0.717, 1.165) is 0 Å². The number of aromatic nitrogens is 1. The zero-order valence-electron chi connectivity index (χ0n) is 10.9. The van der Waals surface area contributed by atoms with Gasteiger partial charge in [0.2, 0.25) is 0 Å². The molecule has 1 aromatic heterocycles. The van der Waals surface area contributed by atoms with Crippen molar-refractivity contribution in [3.8, 4) is 5.75 Å². The number of nitrogens with one attached hydrogen (secondary N) is 1. The van der Waals surface area contributed by atoms with E-state index < -0.39 is 10.0 Å². The number of pyridine rings is 1. The molecule has 3 rings (SSSR count). The second kappa shape index (κ2) is 5.06. The molecule has 0 spiro atoms. The van der Waals surface area contributed by atoms with Gasteiger partial charge in [0, 0.05) is 17.3 Å². The van der Waals surface area contributed by atoms with Crippen molar-refractivity contribution in [3.63, 3.8) is 0 Å². The lowest BCUT2D eigenvalue weighted by Gasteiger charge is -2.10. The fraction of sp³-hybridized carbons (Fsp3) is 0. The molecule has 1 heterocycles. The predicted molar refractivity (Wildman–Crippen MR) is 80.7 cm³/mol. The topological polar surface area (TPSA) is 79.3 Å². The standard InChI is InChI=1S/C15H12N2O3S/c18-12-8-6-11(7-9-12)17-21(19,20)15-5-1-4-14-13(15)3-2-10-16-14/h1-10,17-18H. The summed E-state index contributed by atoms with van der Waals surface area (Å²) in [6, 6.07) is 14.2. The molecule has 0 unspecified atom stereocenters. The molecule has 0 amide bonds. The van der Waals surface area contributed by atoms with E-state index in [0.29, 0.717) is 16.6 Å². The van der Waals surface area contributed by atoms with Crippen molar-refractivity contribution in [2.24, 2.45) is 0 Å². The summed E-state index contributed by atoms with van der Waals surface area (Å²) in [5.41, 5.74) is 1.000. The first-order valence-corrected chi connectivity index (χ1v) is 7.70. The minimum absolute atomic E-state index is 0.0762. The summed E-state index contributed by atoms with van der Waals surface area (Å²) in [5, 5.41) is 9.79. The normalized spacial score (nSPS) is 11.4. The van der Waals surface area contributed by atoms with E-state index in [1.165, 1.54) is 30.3 Å². The van der Waals surface area contributed by atoms with Crippen molar-refractivity contribution in [2.75, 3.05) is 4.72 Å². The van der Waals surface area contributed by atoms with Gasteiger partial charge in [-0.25, -0.2) is 8.42 Å². The quantitative estimate of drug-likeness (QED) is 0.729. The number of phenols is 1. The number of phenolic OH excluding ortho intramolecular Hbond substituents is 1. The predicted octanol–water partition coefficient (Wildman–Crippen LogP) is 2.74. The van der Waals surface area contributed by atoms with Crippen LogP contribution in [0, 0.1) is 0 Å². The molecule has 6 heteroatoms. The second-order valence-electron chi connectivity index (χ2n) is 4.48. The van der Waals surface area contributed by atoms with Crippen LogP contribution >= 0.6 is 0 Å². The first kappa shape index (κ1) is 13.4. The van der Waals surface area contributed by atoms with Crippen molar-refractivity contribution >= 4 is 26.6 Å². The summed E-state index contributed by atoms with van der Waals surface area (Å²) in [4.78, 5) is 4.32. The Morgan fingerprint density at radius 2 is 1.71 bits per heavy atom. The Balaban J connectivity index is 2.06. The number of hydrogen-bond acceptors (Lipinski definition) is 4. The molecule has 0 atom stereocenters. The van der Waals surface area contributed by atoms with Gasteiger partial charge in [-0.2, -0.15) is 0 Å². The van der Waals surface area contributed by atoms with Gasteiger partial charge in [-0.15, -0.1) is 0 Å². The van der Waals surface area contributed by atoms with Crippen LogP contribution in [-0.4, -0.2) is 18.5 Å². The van der Waals surface area contributed by atoms with Crippen LogP contribution < -0.4 is 4.72 Å². The molecule has 3 aromatic rings. The Kier molecular flexibility index (Phi) is 3.23. The molecule has 0 fully saturated rings. The smallest absolute Gasteiger partial charge is 0.262 e. The molecule has 0 bridgehead atoms. The number of benzene rings is 2. The molecular weight excluding hydrogens is 288 g/mol. The van der Waals surface area contributed by atoms with Crippen LogP contribution in [0.15, 0.2) is 65.7 Å². The lowest BCUT2D eigenvalue weighted by Crippen LogP contribution is -2.13. The maximum atomic E-state index is 12.5. The third-order valence-electron chi connectivity index (χ3n) is 3.01. The zero-order chi connectivity index (χ0) is 14.9. The summed E-state index contributed by atoms with van der Waals surface area (Å²) >= 11 is 0. The molecule has 0 saturated heterocycles. The van der Waals surface area contributed by atoms with Crippen molar-refractivity contribution in [3.05, 3.63) is 60.8 Å². The average Bonchev–Trinajstić information content (AvgIpc) is 2.49. The molecule has 2 aromatic carbocycles. The van der Waals surface area contributed by atoms with E-state index in [4.69, 9.17) is 0 Å². The van der Waals surface area contributed by atoms with Gasteiger partial charge in [0.05, 0.1) is 10.4 Å². The molecule has 0 aliphatic heterocycles. The van der Waals surface area contributed by atoms with Crippen LogP contribution in [-0.2, 0) is 10.0 Å². The van der Waals surface area contributed by atoms with E-state index in [-0.39, 0.29) is 10.6 Å². The van der Waals surface area contributed by atoms with Gasteiger partial charge >= 0.3 is 0 Å². The number of fused-ring (bicyclic) bond motifs is 1. The molecule has 0 saturated carbocycles. The number of aromatic hydroxyl groups is 1. The number of rotatable bonds is 3. The number of anilines is 1. The van der Waals surface area contributed by atoms with E-state index in [9.17, 15) is 13.5 Å². The molecule has 106 valence electrons. The van der Waals surface area contributed by atoms with Crippen molar-refractivity contribution in [2.45, 2.75) is 4.90 Å². The fourth-order valence-electron chi connectivity index (χ4n) is 2.05. The summed E-state index contributed by atoms with van der Waals surface area (Å²) in [6.07, 6.45) is 1.62. The molecule has 21 heavy (non-hydrogen) atoms. The zero-order valence-corrected chi connectivity index (χ0v) is 11.7. The monoisotopic (exact) mass is 300 g/mol. The number of nitrogens with zero attached hydrogens (tertiary/aromatic N) is 1. The first-order valence-electron chi connectivity index (χ1n) is 6.22. The summed E-state index contributed by atoms with van der Waals surface area (Å²) in [6.45, 7) is 0. The third-order valence-corrected chi connectivity index (χ3v) is 4.45. The van der Waals surface area contributed by atoms with E-state index in [2.05, 4.69) is 9.71 Å². The van der Waals surface area contributed by atoms with E-state index >= 15 is 0 Å². The van der Waals surface area contributed by atoms with Crippen molar-refractivity contribution < 1.29 is 13.5 Å². The molecule has 0 aliphatic carbocycles. The Morgan fingerprint density at radius 3 is 2.48 bits per heavy atom. The van der Waals surface area contributed by atoms with Crippen LogP contribution in [0.25, 0.3) is 10.9 Å². The van der Waals surface area contributed by atoms with Gasteiger partial charge in [-0.3, -0.25) is 9.71 Å². The highest BCUT2D eigenvalue weighted by Gasteiger charge is 2.17. The molecular formula is C15H12N2O3S. The maximum absolute atomic E-state index is 12.5. The average molecular weight is 300 g/mol. The Labute approximate surface area is 121 Å². The minimum Gasteiger partial charge on any atom is -0.508 e. The van der Waals surface area contributed by atoms with Crippen LogP contribution in [0.5, 0.6) is 5.75 Å². The van der Waals surface area contributed by atoms with Gasteiger partial charge in [0.25, 0.3) is 10.0 Å². The summed E-state index contributed by atoms with van der Waals surface area (Å²) < 4.78 is 27.5. The highest BCUT2D eigenvalue weighted by Crippen LogP contribution is 2.24. The van der Waals surface area contributed by atoms with Crippen molar-refractivity contribution in [1.82, 2.24) is 4.98 Å². The van der Waals surface area contributed by atoms with Crippen LogP contribution in [0.4, 0.5) is 5.69 Å². The maximum Gasteiger partial charge on any atom is 0.262 e. The highest BCUT2D eigenvalue weighted by atomic mass is 32.2. The second-order valence-corrected chi connectivity index (χ2v) is 6.13. The lowest BCUT2D eigenvalue weighted by atomic mass is 10.2. The molecule has 0 radical (unpaired) electrons. The third kappa shape index (κ3) is 2.66. The van der Waals surface area contributed by atoms with Gasteiger partial charge in [0.15, 0.2) is 0 Å². The SMILES string of the molecule is O=S(=O)(Nc1ccc(O)cc1)c1cccc2ncccc12. The number of sulfonamides is 1. The Bertz CT molecular complexity index is 885. The van der Waals surface area contributed by atoms with E-state index in [1.54, 1.807) is 30.5 Å². The van der Waals surface area contributed by atoms with Gasteiger partial charge in [-0.1, -0.05) is 6.07 Å². The largest absolute Gasteiger partial charge is 0.508 e. The van der Waals surface area contributed by atoms with Gasteiger partial charge < -0.3 is 5.11 Å². The highest BCUT2D eigenvalue weighted by molar-refractivity contribution is 7.93. The van der Waals surface area contributed by atoms with Crippen LogP contribution in [0.1, 0.15) is 0 Å². The van der Waals surface area contributed by atoms with Gasteiger partial charge in [-0.05, 0) is 48.5 Å². The fourth-order valence-corrected chi connectivity index (χ4v) is 3.33. The number of hydrogen-bond donors (Lipinski definition) is 2. The molecule has 5 nitrogen and oxygen atoms in total.